The van der Waals surface area contributed by atoms with Crippen molar-refractivity contribution in [2.75, 3.05) is 13.2 Å². The predicted octanol–water partition coefficient (Wildman–Crippen LogP) is 0.797. The zero-order valence-corrected chi connectivity index (χ0v) is 2.62. The Morgan fingerprint density at radius 1 is 1.60 bits per heavy atom. The van der Waals surface area contributed by atoms with Crippen molar-refractivity contribution in [2.24, 2.45) is 0 Å². The fourth-order valence-electron chi connectivity index (χ4n) is 0.180. The first-order valence-corrected chi connectivity index (χ1v) is 1.35. The molecule has 0 aromatic heterocycles. The lowest BCUT2D eigenvalue weighted by molar-refractivity contribution is 0.198. The molecule has 0 N–H and O–H groups in total. The van der Waals surface area contributed by atoms with Gasteiger partial charge in [0.2, 0.25) is 0 Å². The smallest absolute Gasteiger partial charge is 0.0567 e. The minimum Gasteiger partial charge on any atom is -0.381 e. The fraction of sp³-hybridized carbons (Fsp3) is 1.00. The average Bonchev–Trinajstić information content (AvgIpc) is 1.93. The predicted molar refractivity (Wildman–Crippen MR) is 20.1 cm³/mol. The molecule has 1 heterocycles. The zero-order valence-electron chi connectivity index (χ0n) is 8.62. The first-order chi connectivity index (χ1) is 4.71. The van der Waals surface area contributed by atoms with Crippen molar-refractivity contribution in [3.63, 3.8) is 0 Å². The molecule has 1 aliphatic heterocycles. The minimum absolute atomic E-state index is 0.535. The van der Waals surface area contributed by atoms with Gasteiger partial charge in [-0.15, -0.1) is 0 Å². The lowest BCUT2D eigenvalue weighted by Gasteiger charge is -1.76. The zero-order chi connectivity index (χ0) is 8.91. The van der Waals surface area contributed by atoms with E-state index in [1.54, 1.807) is 0 Å². The van der Waals surface area contributed by atoms with E-state index in [2.05, 4.69) is 4.74 Å². The second kappa shape index (κ2) is 1.41. The van der Waals surface area contributed by atoms with Gasteiger partial charge in [0.25, 0.3) is 0 Å². The Hall–Kier alpha value is -0.0400. The summed E-state index contributed by atoms with van der Waals surface area (Å²) < 4.78 is 46.6. The monoisotopic (exact) mass is 78.1 g/mol. The molecule has 5 heavy (non-hydrogen) atoms. The van der Waals surface area contributed by atoms with E-state index in [4.69, 9.17) is 8.22 Å². The molecule has 0 aromatic rings. The van der Waals surface area contributed by atoms with Gasteiger partial charge >= 0.3 is 0 Å². The second-order valence-electron chi connectivity index (χ2n) is 0.693. The highest BCUT2D eigenvalue weighted by Crippen LogP contribution is 1.98. The Morgan fingerprint density at radius 2 is 2.60 bits per heavy atom. The third-order valence-electron chi connectivity index (χ3n) is 0.356. The highest BCUT2D eigenvalue weighted by Gasteiger charge is 1.94. The molecule has 1 heteroatoms. The van der Waals surface area contributed by atoms with E-state index in [0.29, 0.717) is 0 Å². The summed E-state index contributed by atoms with van der Waals surface area (Å²) in [6.07, 6.45) is -4.81. The molecule has 1 rings (SSSR count). The molecular weight excluding hydrogens is 64.0 g/mol. The number of ether oxygens (including phenoxy) is 1. The van der Waals surface area contributed by atoms with E-state index in [1.165, 1.54) is 0 Å². The van der Waals surface area contributed by atoms with Gasteiger partial charge in [-0.05, 0) is 12.7 Å². The highest BCUT2D eigenvalue weighted by atomic mass is 16.5. The van der Waals surface area contributed by atoms with Crippen molar-refractivity contribution in [3.05, 3.63) is 0 Å². The standard InChI is InChI=1S/C4H8O/c1-2-4-5-3-1/h1-4H2/i1D2,2D2,3D2. The molecule has 0 unspecified atom stereocenters. The van der Waals surface area contributed by atoms with E-state index in [9.17, 15) is 0 Å². The van der Waals surface area contributed by atoms with Crippen molar-refractivity contribution in [1.82, 2.24) is 0 Å². The summed E-state index contributed by atoms with van der Waals surface area (Å²) in [7, 11) is 0. The first-order valence-electron chi connectivity index (χ1n) is 4.35. The number of rotatable bonds is 0. The van der Waals surface area contributed by atoms with Crippen LogP contribution in [-0.4, -0.2) is 13.2 Å². The molecule has 1 nitrogen and oxygen atoms in total. The lowest BCUT2D eigenvalue weighted by Crippen LogP contribution is -1.74. The molecular formula is C4H8O. The number of hydrogen-bond acceptors (Lipinski definition) is 1. The minimum atomic E-state index is -2.57. The van der Waals surface area contributed by atoms with Crippen molar-refractivity contribution in [3.8, 4) is 0 Å². The highest BCUT2D eigenvalue weighted by molar-refractivity contribution is 4.43. The van der Waals surface area contributed by atoms with E-state index >= 15 is 0 Å². The summed E-state index contributed by atoms with van der Waals surface area (Å²) >= 11 is 0. The normalized spacial score (nSPS) is 72.0. The molecule has 1 aliphatic rings. The van der Waals surface area contributed by atoms with Gasteiger partial charge in [-0.1, -0.05) is 0 Å². The molecule has 0 atom stereocenters. The van der Waals surface area contributed by atoms with Crippen LogP contribution < -0.4 is 0 Å². The summed E-state index contributed by atoms with van der Waals surface area (Å²) in [5, 5.41) is 0. The Bertz CT molecular complexity index is 157. The largest absolute Gasteiger partial charge is 0.381 e. The van der Waals surface area contributed by atoms with Crippen LogP contribution in [0.4, 0.5) is 0 Å². The first kappa shape index (κ1) is 0.648. The van der Waals surface area contributed by atoms with Gasteiger partial charge < -0.3 is 4.74 Å². The fourth-order valence-corrected chi connectivity index (χ4v) is 0.180. The molecule has 0 aliphatic carbocycles. The molecule has 0 saturated carbocycles. The summed E-state index contributed by atoms with van der Waals surface area (Å²) in [5.74, 6) is 0. The lowest BCUT2D eigenvalue weighted by atomic mass is 10.4. The molecule has 0 radical (unpaired) electrons. The van der Waals surface area contributed by atoms with Gasteiger partial charge in [-0.3, -0.25) is 0 Å². The van der Waals surface area contributed by atoms with Gasteiger partial charge in [-0.25, -0.2) is 0 Å². The van der Waals surface area contributed by atoms with Crippen LogP contribution in [0.15, 0.2) is 0 Å². The summed E-state index contributed by atoms with van der Waals surface area (Å²) in [6, 6.07) is 0. The van der Waals surface area contributed by atoms with Crippen LogP contribution in [0.25, 0.3) is 0 Å². The molecule has 0 aromatic carbocycles. The topological polar surface area (TPSA) is 9.23 Å². The van der Waals surface area contributed by atoms with Crippen LogP contribution >= 0.6 is 0 Å². The van der Waals surface area contributed by atoms with Crippen molar-refractivity contribution in [1.29, 1.82) is 0 Å². The maximum atomic E-state index is 7.08. The Kier molecular flexibility index (Phi) is 0.183. The SMILES string of the molecule is [2H]C1([2H])COC([2H])([2H])C1([2H])[2H]. The van der Waals surface area contributed by atoms with Crippen LogP contribution in [0.3, 0.4) is 0 Å². The molecule has 1 fully saturated rings. The van der Waals surface area contributed by atoms with E-state index in [0.717, 1.165) is 0 Å². The molecule has 0 bridgehead atoms. The third-order valence-corrected chi connectivity index (χ3v) is 0.356. The van der Waals surface area contributed by atoms with Crippen molar-refractivity contribution < 1.29 is 13.0 Å². The van der Waals surface area contributed by atoms with Gasteiger partial charge in [0.1, 0.15) is 0 Å². The van der Waals surface area contributed by atoms with Crippen LogP contribution in [0.5, 0.6) is 0 Å². The van der Waals surface area contributed by atoms with E-state index in [1.807, 2.05) is 0 Å². The molecule has 0 amide bonds. The molecule has 1 saturated heterocycles. The molecule has 0 spiro atoms. The maximum Gasteiger partial charge on any atom is 0.0567 e. The van der Waals surface area contributed by atoms with Crippen LogP contribution in [0.1, 0.15) is 21.0 Å². The summed E-state index contributed by atoms with van der Waals surface area (Å²) in [5.41, 5.74) is 0. The summed E-state index contributed by atoms with van der Waals surface area (Å²) in [4.78, 5) is 0. The van der Waals surface area contributed by atoms with Gasteiger partial charge in [0.15, 0.2) is 0 Å². The molecule has 30 valence electrons. The van der Waals surface area contributed by atoms with Crippen molar-refractivity contribution in [2.45, 2.75) is 12.7 Å². The Morgan fingerprint density at radius 3 is 2.80 bits per heavy atom. The Balaban J connectivity index is 3.00. The van der Waals surface area contributed by atoms with Crippen LogP contribution in [0.2, 0.25) is 0 Å². The van der Waals surface area contributed by atoms with Gasteiger partial charge in [0, 0.05) is 18.6 Å². The van der Waals surface area contributed by atoms with E-state index in [-0.39, 0.29) is 0 Å². The van der Waals surface area contributed by atoms with E-state index < -0.39 is 25.9 Å². The Labute approximate surface area is 40.4 Å². The van der Waals surface area contributed by atoms with Gasteiger partial charge in [-0.2, -0.15) is 0 Å². The third kappa shape index (κ3) is 0.618. The maximum absolute atomic E-state index is 7.08. The van der Waals surface area contributed by atoms with Crippen LogP contribution in [-0.2, 0) is 4.74 Å². The summed E-state index contributed by atoms with van der Waals surface area (Å²) in [6.45, 7) is -3.05. The van der Waals surface area contributed by atoms with Gasteiger partial charge in [0.05, 0.1) is 2.74 Å². The number of hydrogen-bond donors (Lipinski definition) is 0. The van der Waals surface area contributed by atoms with Crippen molar-refractivity contribution >= 4 is 0 Å². The second-order valence-corrected chi connectivity index (χ2v) is 0.693. The average molecular weight is 78.1 g/mol. The van der Waals surface area contributed by atoms with Crippen LogP contribution in [0, 0.1) is 0 Å². The quantitative estimate of drug-likeness (QED) is 0.416.